The fourth-order valence-electron chi connectivity index (χ4n) is 1.47. The molecule has 0 amide bonds. The standard InChI is InChI=1S/C12H24O/c1-4-7-8-9-10-12(5-2)11-13-6-3/h6,12H,3-5,7-11H2,1-2H3. The lowest BCUT2D eigenvalue weighted by Gasteiger charge is -2.13. The predicted molar refractivity (Wildman–Crippen MR) is 58.7 cm³/mol. The Hall–Kier alpha value is -0.460. The number of hydrogen-bond acceptors (Lipinski definition) is 1. The van der Waals surface area contributed by atoms with Crippen LogP contribution in [0.25, 0.3) is 0 Å². The highest BCUT2D eigenvalue weighted by Gasteiger charge is 2.05. The lowest BCUT2D eigenvalue weighted by Crippen LogP contribution is -2.06. The van der Waals surface area contributed by atoms with E-state index in [0.29, 0.717) is 0 Å². The summed E-state index contributed by atoms with van der Waals surface area (Å²) in [7, 11) is 0. The van der Waals surface area contributed by atoms with E-state index >= 15 is 0 Å². The number of unbranched alkanes of at least 4 members (excludes halogenated alkanes) is 3. The van der Waals surface area contributed by atoms with Crippen LogP contribution in [-0.2, 0) is 4.74 Å². The van der Waals surface area contributed by atoms with E-state index in [2.05, 4.69) is 20.4 Å². The Bertz CT molecular complexity index is 110. The van der Waals surface area contributed by atoms with Gasteiger partial charge in [0.2, 0.25) is 0 Å². The van der Waals surface area contributed by atoms with Gasteiger partial charge in [-0.1, -0.05) is 52.5 Å². The summed E-state index contributed by atoms with van der Waals surface area (Å²) < 4.78 is 5.21. The van der Waals surface area contributed by atoms with Crippen molar-refractivity contribution in [2.75, 3.05) is 6.61 Å². The minimum atomic E-state index is 0.731. The first-order valence-corrected chi connectivity index (χ1v) is 5.57. The van der Waals surface area contributed by atoms with Gasteiger partial charge in [0.15, 0.2) is 0 Å². The van der Waals surface area contributed by atoms with Crippen LogP contribution < -0.4 is 0 Å². The minimum absolute atomic E-state index is 0.731. The van der Waals surface area contributed by atoms with E-state index in [1.165, 1.54) is 38.5 Å². The lowest BCUT2D eigenvalue weighted by atomic mass is 9.99. The van der Waals surface area contributed by atoms with Crippen LogP contribution in [0, 0.1) is 5.92 Å². The summed E-state index contributed by atoms with van der Waals surface area (Å²) in [5.74, 6) is 0.731. The highest BCUT2D eigenvalue weighted by molar-refractivity contribution is 4.59. The summed E-state index contributed by atoms with van der Waals surface area (Å²) >= 11 is 0. The summed E-state index contributed by atoms with van der Waals surface area (Å²) in [4.78, 5) is 0. The molecule has 13 heavy (non-hydrogen) atoms. The molecule has 0 saturated heterocycles. The van der Waals surface area contributed by atoms with Crippen molar-refractivity contribution in [2.24, 2.45) is 5.92 Å². The highest BCUT2D eigenvalue weighted by Crippen LogP contribution is 2.14. The highest BCUT2D eigenvalue weighted by atomic mass is 16.5. The van der Waals surface area contributed by atoms with Gasteiger partial charge < -0.3 is 4.74 Å². The predicted octanol–water partition coefficient (Wildman–Crippen LogP) is 4.14. The van der Waals surface area contributed by atoms with Gasteiger partial charge in [-0.3, -0.25) is 0 Å². The maximum absolute atomic E-state index is 5.21. The molecule has 0 spiro atoms. The van der Waals surface area contributed by atoms with Crippen LogP contribution in [0.15, 0.2) is 12.8 Å². The van der Waals surface area contributed by atoms with Crippen molar-refractivity contribution in [3.8, 4) is 0 Å². The van der Waals surface area contributed by atoms with E-state index in [0.717, 1.165) is 12.5 Å². The summed E-state index contributed by atoms with van der Waals surface area (Å²) in [5, 5.41) is 0. The fraction of sp³-hybridized carbons (Fsp3) is 0.833. The van der Waals surface area contributed by atoms with Crippen molar-refractivity contribution in [3.05, 3.63) is 12.8 Å². The Morgan fingerprint density at radius 3 is 2.54 bits per heavy atom. The van der Waals surface area contributed by atoms with Crippen molar-refractivity contribution in [2.45, 2.75) is 52.4 Å². The Morgan fingerprint density at radius 2 is 2.00 bits per heavy atom. The molecule has 0 bridgehead atoms. The molecule has 0 aromatic heterocycles. The van der Waals surface area contributed by atoms with Gasteiger partial charge in [0.05, 0.1) is 12.9 Å². The minimum Gasteiger partial charge on any atom is -0.502 e. The molecular weight excluding hydrogens is 160 g/mol. The average molecular weight is 184 g/mol. The summed E-state index contributed by atoms with van der Waals surface area (Å²) in [5.41, 5.74) is 0. The third-order valence-electron chi connectivity index (χ3n) is 2.49. The first-order valence-electron chi connectivity index (χ1n) is 5.57. The van der Waals surface area contributed by atoms with Gasteiger partial charge in [0.1, 0.15) is 0 Å². The zero-order chi connectivity index (χ0) is 9.94. The van der Waals surface area contributed by atoms with Crippen LogP contribution in [0.3, 0.4) is 0 Å². The van der Waals surface area contributed by atoms with Gasteiger partial charge in [-0.2, -0.15) is 0 Å². The second-order valence-electron chi connectivity index (χ2n) is 3.62. The van der Waals surface area contributed by atoms with Gasteiger partial charge >= 0.3 is 0 Å². The molecular formula is C12H24O. The molecule has 1 nitrogen and oxygen atoms in total. The zero-order valence-corrected chi connectivity index (χ0v) is 9.22. The van der Waals surface area contributed by atoms with Gasteiger partial charge in [0, 0.05) is 0 Å². The topological polar surface area (TPSA) is 9.23 Å². The molecule has 0 radical (unpaired) electrons. The second-order valence-corrected chi connectivity index (χ2v) is 3.62. The number of ether oxygens (including phenoxy) is 1. The molecule has 1 atom stereocenters. The molecule has 0 aliphatic carbocycles. The first kappa shape index (κ1) is 12.5. The third kappa shape index (κ3) is 7.89. The largest absolute Gasteiger partial charge is 0.502 e. The van der Waals surface area contributed by atoms with E-state index in [4.69, 9.17) is 4.74 Å². The van der Waals surface area contributed by atoms with Crippen LogP contribution in [0.5, 0.6) is 0 Å². The van der Waals surface area contributed by atoms with Crippen molar-refractivity contribution in [1.82, 2.24) is 0 Å². The summed E-state index contributed by atoms with van der Waals surface area (Å²) in [6, 6.07) is 0. The Kier molecular flexibility index (Phi) is 9.29. The van der Waals surface area contributed by atoms with Crippen molar-refractivity contribution in [3.63, 3.8) is 0 Å². The molecule has 1 heteroatoms. The molecule has 0 heterocycles. The van der Waals surface area contributed by atoms with Crippen LogP contribution in [0.1, 0.15) is 52.4 Å². The van der Waals surface area contributed by atoms with E-state index < -0.39 is 0 Å². The van der Waals surface area contributed by atoms with Crippen molar-refractivity contribution in [1.29, 1.82) is 0 Å². The van der Waals surface area contributed by atoms with E-state index in [1.54, 1.807) is 6.26 Å². The van der Waals surface area contributed by atoms with Gasteiger partial charge in [0.25, 0.3) is 0 Å². The number of hydrogen-bond donors (Lipinski definition) is 0. The van der Waals surface area contributed by atoms with Crippen molar-refractivity contribution >= 4 is 0 Å². The van der Waals surface area contributed by atoms with E-state index in [-0.39, 0.29) is 0 Å². The molecule has 0 N–H and O–H groups in total. The van der Waals surface area contributed by atoms with Crippen LogP contribution in [0.4, 0.5) is 0 Å². The number of rotatable bonds is 9. The molecule has 0 aliphatic heterocycles. The molecule has 0 aromatic carbocycles. The molecule has 0 aliphatic rings. The van der Waals surface area contributed by atoms with Crippen LogP contribution in [0.2, 0.25) is 0 Å². The van der Waals surface area contributed by atoms with Gasteiger partial charge in [-0.05, 0) is 12.3 Å². The van der Waals surface area contributed by atoms with E-state index in [9.17, 15) is 0 Å². The zero-order valence-electron chi connectivity index (χ0n) is 9.22. The fourth-order valence-corrected chi connectivity index (χ4v) is 1.47. The van der Waals surface area contributed by atoms with Gasteiger partial charge in [-0.25, -0.2) is 0 Å². The average Bonchev–Trinajstić information content (AvgIpc) is 2.17. The summed E-state index contributed by atoms with van der Waals surface area (Å²) in [6.45, 7) is 8.89. The summed E-state index contributed by atoms with van der Waals surface area (Å²) in [6.07, 6.45) is 9.51. The first-order chi connectivity index (χ1) is 6.35. The monoisotopic (exact) mass is 184 g/mol. The Morgan fingerprint density at radius 1 is 1.23 bits per heavy atom. The quantitative estimate of drug-likeness (QED) is 0.386. The van der Waals surface area contributed by atoms with Crippen molar-refractivity contribution < 1.29 is 4.74 Å². The normalized spacial score (nSPS) is 12.5. The maximum Gasteiger partial charge on any atom is 0.0901 e. The molecule has 0 saturated carbocycles. The molecule has 1 unspecified atom stereocenters. The second kappa shape index (κ2) is 9.63. The SMILES string of the molecule is C=COCC(CC)CCCCCC. The van der Waals surface area contributed by atoms with E-state index in [1.807, 2.05) is 0 Å². The molecule has 0 aromatic rings. The Labute approximate surface area is 83.2 Å². The molecule has 0 fully saturated rings. The molecule has 78 valence electrons. The smallest absolute Gasteiger partial charge is 0.0901 e. The van der Waals surface area contributed by atoms with Crippen LogP contribution in [-0.4, -0.2) is 6.61 Å². The Balaban J connectivity index is 3.30. The maximum atomic E-state index is 5.21. The lowest BCUT2D eigenvalue weighted by molar-refractivity contribution is 0.183. The van der Waals surface area contributed by atoms with Crippen LogP contribution >= 0.6 is 0 Å². The molecule has 0 rings (SSSR count). The van der Waals surface area contributed by atoms with Gasteiger partial charge in [-0.15, -0.1) is 0 Å². The third-order valence-corrected chi connectivity index (χ3v) is 2.49.